The van der Waals surface area contributed by atoms with Gasteiger partial charge in [0.15, 0.2) is 0 Å². The van der Waals surface area contributed by atoms with E-state index in [0.29, 0.717) is 11.8 Å². The summed E-state index contributed by atoms with van der Waals surface area (Å²) < 4.78 is 0. The fourth-order valence-electron chi connectivity index (χ4n) is 3.09. The van der Waals surface area contributed by atoms with Crippen LogP contribution in [0.4, 0.5) is 5.82 Å². The average molecular weight is 244 g/mol. The number of H-pyrrole nitrogens is 1. The van der Waals surface area contributed by atoms with Gasteiger partial charge in [-0.2, -0.15) is 0 Å². The Labute approximate surface area is 103 Å². The van der Waals surface area contributed by atoms with E-state index in [2.05, 4.69) is 15.0 Å². The molecule has 92 valence electrons. The van der Waals surface area contributed by atoms with Crippen molar-refractivity contribution in [3.05, 3.63) is 18.6 Å². The smallest absolute Gasteiger partial charge is 0.326 e. The third-order valence-electron chi connectivity index (χ3n) is 4.01. The molecule has 0 bridgehead atoms. The van der Waals surface area contributed by atoms with E-state index in [-0.39, 0.29) is 0 Å². The van der Waals surface area contributed by atoms with E-state index in [0.717, 1.165) is 29.8 Å². The van der Waals surface area contributed by atoms with Crippen LogP contribution in [0.3, 0.4) is 0 Å². The average Bonchev–Trinajstić information content (AvgIpc) is 2.82. The SMILES string of the molecule is O=C(O)[C@@H]1[C@H]2C[C@H]2CN1c1ncnc2[nH]ccc12. The fraction of sp³-hybridized carbons (Fsp3) is 0.417. The van der Waals surface area contributed by atoms with E-state index >= 15 is 0 Å². The number of hydrogen-bond donors (Lipinski definition) is 2. The number of aromatic nitrogens is 3. The molecule has 2 aromatic heterocycles. The van der Waals surface area contributed by atoms with Gasteiger partial charge in [0, 0.05) is 12.7 Å². The van der Waals surface area contributed by atoms with Crippen LogP contribution >= 0.6 is 0 Å². The molecular formula is C12H12N4O2. The molecule has 2 N–H and O–H groups in total. The number of rotatable bonds is 2. The van der Waals surface area contributed by atoms with Crippen molar-refractivity contribution in [2.45, 2.75) is 12.5 Å². The lowest BCUT2D eigenvalue weighted by Crippen LogP contribution is -2.40. The Hall–Kier alpha value is -2.11. The molecule has 6 heteroatoms. The summed E-state index contributed by atoms with van der Waals surface area (Å²) in [6.07, 6.45) is 4.32. The molecule has 3 atom stereocenters. The molecule has 1 saturated heterocycles. The van der Waals surface area contributed by atoms with Crippen LogP contribution in [-0.4, -0.2) is 38.6 Å². The van der Waals surface area contributed by atoms with Crippen molar-refractivity contribution in [1.82, 2.24) is 15.0 Å². The normalized spacial score (nSPS) is 29.6. The van der Waals surface area contributed by atoms with Crippen LogP contribution in [0.25, 0.3) is 11.0 Å². The molecule has 1 saturated carbocycles. The van der Waals surface area contributed by atoms with Gasteiger partial charge in [-0.15, -0.1) is 0 Å². The first-order valence-electron chi connectivity index (χ1n) is 6.03. The Bertz CT molecular complexity index is 638. The Morgan fingerprint density at radius 3 is 3.22 bits per heavy atom. The van der Waals surface area contributed by atoms with Gasteiger partial charge in [-0.3, -0.25) is 0 Å². The maximum atomic E-state index is 11.4. The summed E-state index contributed by atoms with van der Waals surface area (Å²) in [5.74, 6) is 0.810. The molecule has 1 aliphatic carbocycles. The first-order chi connectivity index (χ1) is 8.75. The highest BCUT2D eigenvalue weighted by Crippen LogP contribution is 2.51. The monoisotopic (exact) mass is 244 g/mol. The van der Waals surface area contributed by atoms with Gasteiger partial charge < -0.3 is 15.0 Å². The van der Waals surface area contributed by atoms with E-state index in [4.69, 9.17) is 0 Å². The van der Waals surface area contributed by atoms with Gasteiger partial charge in [0.1, 0.15) is 23.8 Å². The van der Waals surface area contributed by atoms with Gasteiger partial charge in [-0.1, -0.05) is 0 Å². The molecule has 0 spiro atoms. The minimum atomic E-state index is -0.748. The summed E-state index contributed by atoms with van der Waals surface area (Å²) in [6.45, 7) is 0.791. The summed E-state index contributed by atoms with van der Waals surface area (Å²) in [7, 11) is 0. The third kappa shape index (κ3) is 1.20. The lowest BCUT2D eigenvalue weighted by Gasteiger charge is -2.25. The van der Waals surface area contributed by atoms with Gasteiger partial charge in [-0.25, -0.2) is 14.8 Å². The molecular weight excluding hydrogens is 232 g/mol. The molecule has 18 heavy (non-hydrogen) atoms. The van der Waals surface area contributed by atoms with Gasteiger partial charge in [0.05, 0.1) is 5.39 Å². The van der Waals surface area contributed by atoms with E-state index in [1.54, 1.807) is 6.20 Å². The maximum absolute atomic E-state index is 11.4. The van der Waals surface area contributed by atoms with Crippen molar-refractivity contribution >= 4 is 22.8 Å². The Kier molecular flexibility index (Phi) is 1.76. The van der Waals surface area contributed by atoms with Crippen molar-refractivity contribution in [3.63, 3.8) is 0 Å². The van der Waals surface area contributed by atoms with Gasteiger partial charge in [0.2, 0.25) is 0 Å². The highest BCUT2D eigenvalue weighted by Gasteiger charge is 2.56. The molecule has 6 nitrogen and oxygen atoms in total. The molecule has 0 radical (unpaired) electrons. The minimum absolute atomic E-state index is 0.298. The van der Waals surface area contributed by atoms with Gasteiger partial charge in [0.25, 0.3) is 0 Å². The van der Waals surface area contributed by atoms with Crippen molar-refractivity contribution in [2.75, 3.05) is 11.4 Å². The summed E-state index contributed by atoms with van der Waals surface area (Å²) in [5, 5.41) is 10.3. The van der Waals surface area contributed by atoms with Crippen molar-refractivity contribution in [3.8, 4) is 0 Å². The van der Waals surface area contributed by atoms with E-state index in [1.807, 2.05) is 11.0 Å². The molecule has 4 rings (SSSR count). The molecule has 2 aliphatic rings. The molecule has 0 amide bonds. The largest absolute Gasteiger partial charge is 0.480 e. The molecule has 0 aromatic carbocycles. The van der Waals surface area contributed by atoms with Crippen LogP contribution in [0, 0.1) is 11.8 Å². The number of carboxylic acids is 1. The molecule has 1 aliphatic heterocycles. The molecule has 2 aromatic rings. The van der Waals surface area contributed by atoms with E-state index < -0.39 is 12.0 Å². The fourth-order valence-corrected chi connectivity index (χ4v) is 3.09. The van der Waals surface area contributed by atoms with Crippen molar-refractivity contribution in [1.29, 1.82) is 0 Å². The van der Waals surface area contributed by atoms with Crippen molar-refractivity contribution < 1.29 is 9.90 Å². The zero-order chi connectivity index (χ0) is 12.3. The molecule has 0 unspecified atom stereocenters. The van der Waals surface area contributed by atoms with Crippen LogP contribution < -0.4 is 4.90 Å². The Morgan fingerprint density at radius 1 is 1.50 bits per heavy atom. The minimum Gasteiger partial charge on any atom is -0.480 e. The van der Waals surface area contributed by atoms with Crippen LogP contribution in [0.2, 0.25) is 0 Å². The quantitative estimate of drug-likeness (QED) is 0.819. The van der Waals surface area contributed by atoms with Crippen LogP contribution in [0.1, 0.15) is 6.42 Å². The second-order valence-electron chi connectivity index (χ2n) is 5.03. The van der Waals surface area contributed by atoms with Gasteiger partial charge >= 0.3 is 5.97 Å². The van der Waals surface area contributed by atoms with Crippen LogP contribution in [0.5, 0.6) is 0 Å². The zero-order valence-corrected chi connectivity index (χ0v) is 9.58. The molecule has 2 fully saturated rings. The molecule has 3 heterocycles. The lowest BCUT2D eigenvalue weighted by atomic mass is 10.2. The number of aliphatic carboxylic acids is 1. The topological polar surface area (TPSA) is 82.1 Å². The number of fused-ring (bicyclic) bond motifs is 2. The van der Waals surface area contributed by atoms with Crippen LogP contribution in [-0.2, 0) is 4.79 Å². The number of nitrogens with one attached hydrogen (secondary N) is 1. The predicted octanol–water partition coefficient (Wildman–Crippen LogP) is 0.867. The summed E-state index contributed by atoms with van der Waals surface area (Å²) in [5.41, 5.74) is 0.754. The Morgan fingerprint density at radius 2 is 2.39 bits per heavy atom. The summed E-state index contributed by atoms with van der Waals surface area (Å²) in [4.78, 5) is 24.8. The second kappa shape index (κ2) is 3.22. The number of aromatic amines is 1. The zero-order valence-electron chi connectivity index (χ0n) is 9.58. The number of carbonyl (C=O) groups is 1. The first kappa shape index (κ1) is 9.87. The Balaban J connectivity index is 1.83. The first-order valence-corrected chi connectivity index (χ1v) is 6.03. The number of piperidine rings is 1. The van der Waals surface area contributed by atoms with Crippen LogP contribution in [0.15, 0.2) is 18.6 Å². The van der Waals surface area contributed by atoms with E-state index in [1.165, 1.54) is 6.33 Å². The summed E-state index contributed by atoms with van der Waals surface area (Å²) in [6, 6.07) is 1.47. The number of anilines is 1. The van der Waals surface area contributed by atoms with Crippen molar-refractivity contribution in [2.24, 2.45) is 11.8 Å². The number of hydrogen-bond acceptors (Lipinski definition) is 4. The second-order valence-corrected chi connectivity index (χ2v) is 5.03. The number of carboxylic acid groups (broad SMARTS) is 1. The maximum Gasteiger partial charge on any atom is 0.326 e. The van der Waals surface area contributed by atoms with Gasteiger partial charge in [-0.05, 0) is 24.3 Å². The standard InChI is InChI=1S/C12H12N4O2/c17-12(18)9-8-3-6(8)4-16(9)11-7-1-2-13-10(7)14-5-15-11/h1-2,5-6,8-9H,3-4H2,(H,17,18)(H,13,14,15)/t6-,8-,9-/m0/s1. The summed E-state index contributed by atoms with van der Waals surface area (Å²) >= 11 is 0. The number of nitrogens with zero attached hydrogens (tertiary/aromatic N) is 3. The lowest BCUT2D eigenvalue weighted by molar-refractivity contribution is -0.138. The third-order valence-corrected chi connectivity index (χ3v) is 4.01. The highest BCUT2D eigenvalue weighted by molar-refractivity contribution is 5.90. The predicted molar refractivity (Wildman–Crippen MR) is 64.3 cm³/mol. The highest BCUT2D eigenvalue weighted by atomic mass is 16.4. The van der Waals surface area contributed by atoms with E-state index in [9.17, 15) is 9.90 Å².